The van der Waals surface area contributed by atoms with E-state index in [9.17, 15) is 13.2 Å². The van der Waals surface area contributed by atoms with Gasteiger partial charge in [0, 0.05) is 24.2 Å². The summed E-state index contributed by atoms with van der Waals surface area (Å²) in [5, 5.41) is 12.7. The lowest BCUT2D eigenvalue weighted by Crippen LogP contribution is -2.26. The molecule has 2 heterocycles. The molecular formula is C25H23ClN4O5S. The number of pyridine rings is 1. The summed E-state index contributed by atoms with van der Waals surface area (Å²) >= 11 is 6.44. The zero-order valence-corrected chi connectivity index (χ0v) is 20.5. The molecule has 0 radical (unpaired) electrons. The lowest BCUT2D eigenvalue weighted by atomic mass is 10.0. The fraction of sp³-hybridized carbons (Fsp3) is 0.120. The third kappa shape index (κ3) is 6.10. The van der Waals surface area contributed by atoms with Crippen LogP contribution in [0.25, 0.3) is 28.2 Å². The maximum absolute atomic E-state index is 12.2. The second kappa shape index (κ2) is 10.9. The first kappa shape index (κ1) is 25.4. The standard InChI is InChI=1S/C25H23ClN4O5S/c26-22-13-18(17-3-5-21(6-4-17)36(33,34)30-9-10-31)11-19-12-20(35-25(19)22)15-29-24(32)8-2-16-1-7-23(27)28-14-16/h1-8,11-14,30-31H,9-10,15H2,(H2,27,28)(H,29,32)/b8-2+. The minimum atomic E-state index is -3.69. The van der Waals surface area contributed by atoms with E-state index in [2.05, 4.69) is 15.0 Å². The Bertz CT molecular complexity index is 1510. The molecule has 0 atom stereocenters. The Kier molecular flexibility index (Phi) is 7.70. The summed E-state index contributed by atoms with van der Waals surface area (Å²) in [6.45, 7) is -0.183. The van der Waals surface area contributed by atoms with Gasteiger partial charge < -0.3 is 20.6 Å². The number of anilines is 1. The molecule has 2 aromatic carbocycles. The summed E-state index contributed by atoms with van der Waals surface area (Å²) in [5.74, 6) is 0.624. The quantitative estimate of drug-likeness (QED) is 0.244. The summed E-state index contributed by atoms with van der Waals surface area (Å²) in [7, 11) is -3.69. The second-order valence-electron chi connectivity index (χ2n) is 7.80. The lowest BCUT2D eigenvalue weighted by molar-refractivity contribution is -0.116. The fourth-order valence-corrected chi connectivity index (χ4v) is 4.71. The van der Waals surface area contributed by atoms with Crippen LogP contribution >= 0.6 is 11.6 Å². The van der Waals surface area contributed by atoms with Crippen molar-refractivity contribution in [2.75, 3.05) is 18.9 Å². The minimum absolute atomic E-state index is 0.0595. The average molecular weight is 527 g/mol. The van der Waals surface area contributed by atoms with E-state index in [1.807, 2.05) is 6.07 Å². The van der Waals surface area contributed by atoms with E-state index in [1.165, 1.54) is 18.2 Å². The average Bonchev–Trinajstić information content (AvgIpc) is 3.30. The maximum atomic E-state index is 12.2. The Morgan fingerprint density at radius 2 is 1.89 bits per heavy atom. The molecule has 0 aliphatic heterocycles. The first-order valence-corrected chi connectivity index (χ1v) is 12.7. The number of aliphatic hydroxyl groups excluding tert-OH is 1. The number of amides is 1. The lowest BCUT2D eigenvalue weighted by Gasteiger charge is -2.07. The number of halogens is 1. The number of rotatable bonds is 9. The van der Waals surface area contributed by atoms with E-state index in [4.69, 9.17) is 26.9 Å². The van der Waals surface area contributed by atoms with Crippen molar-refractivity contribution in [2.24, 2.45) is 0 Å². The van der Waals surface area contributed by atoms with Crippen LogP contribution in [0.3, 0.4) is 0 Å². The highest BCUT2D eigenvalue weighted by Gasteiger charge is 2.15. The van der Waals surface area contributed by atoms with Crippen LogP contribution in [0.1, 0.15) is 11.3 Å². The molecular weight excluding hydrogens is 504 g/mol. The number of aromatic nitrogens is 1. The van der Waals surface area contributed by atoms with Gasteiger partial charge in [0.2, 0.25) is 15.9 Å². The number of nitrogens with zero attached hydrogens (tertiary/aromatic N) is 1. The van der Waals surface area contributed by atoms with E-state index in [0.717, 1.165) is 22.1 Å². The van der Waals surface area contributed by atoms with E-state index in [-0.39, 0.29) is 30.5 Å². The van der Waals surface area contributed by atoms with Crippen molar-refractivity contribution in [1.29, 1.82) is 0 Å². The third-order valence-corrected chi connectivity index (χ3v) is 6.95. The van der Waals surface area contributed by atoms with Crippen LogP contribution in [0.15, 0.2) is 76.2 Å². The van der Waals surface area contributed by atoms with Gasteiger partial charge in [0.15, 0.2) is 5.58 Å². The van der Waals surface area contributed by atoms with Crippen LogP contribution < -0.4 is 15.8 Å². The summed E-state index contributed by atoms with van der Waals surface area (Å²) in [6.07, 6.45) is 4.59. The number of fused-ring (bicyclic) bond motifs is 1. The molecule has 11 heteroatoms. The molecule has 0 spiro atoms. The molecule has 0 saturated heterocycles. The van der Waals surface area contributed by atoms with Crippen LogP contribution in [0.5, 0.6) is 0 Å². The Labute approximate surface area is 212 Å². The molecule has 9 nitrogen and oxygen atoms in total. The Balaban J connectivity index is 1.46. The van der Waals surface area contributed by atoms with Crippen molar-refractivity contribution in [2.45, 2.75) is 11.4 Å². The van der Waals surface area contributed by atoms with E-state index in [1.54, 1.807) is 48.7 Å². The van der Waals surface area contributed by atoms with Crippen molar-refractivity contribution in [1.82, 2.24) is 15.0 Å². The molecule has 36 heavy (non-hydrogen) atoms. The molecule has 186 valence electrons. The summed E-state index contributed by atoms with van der Waals surface area (Å²) in [4.78, 5) is 16.2. The van der Waals surface area contributed by atoms with Crippen LogP contribution in [-0.4, -0.2) is 37.6 Å². The van der Waals surface area contributed by atoms with Gasteiger partial charge >= 0.3 is 0 Å². The van der Waals surface area contributed by atoms with Gasteiger partial charge in [0.25, 0.3) is 0 Å². The molecule has 4 rings (SSSR count). The molecule has 0 aliphatic rings. The van der Waals surface area contributed by atoms with Gasteiger partial charge in [-0.1, -0.05) is 23.7 Å². The van der Waals surface area contributed by atoms with Crippen molar-refractivity contribution in [3.63, 3.8) is 0 Å². The SMILES string of the molecule is Nc1ccc(/C=C/C(=O)NCc2cc3cc(-c4ccc(S(=O)(=O)NCCO)cc4)cc(Cl)c3o2)cn1. The van der Waals surface area contributed by atoms with Gasteiger partial charge in [-0.05, 0) is 65.2 Å². The largest absolute Gasteiger partial charge is 0.458 e. The molecule has 0 bridgehead atoms. The first-order chi connectivity index (χ1) is 17.2. The molecule has 5 N–H and O–H groups in total. The topological polar surface area (TPSA) is 148 Å². The smallest absolute Gasteiger partial charge is 0.244 e. The van der Waals surface area contributed by atoms with Gasteiger partial charge in [-0.3, -0.25) is 4.79 Å². The number of furan rings is 1. The fourth-order valence-electron chi connectivity index (χ4n) is 3.43. The highest BCUT2D eigenvalue weighted by Crippen LogP contribution is 2.33. The van der Waals surface area contributed by atoms with Gasteiger partial charge in [-0.25, -0.2) is 18.1 Å². The van der Waals surface area contributed by atoms with Crippen molar-refractivity contribution in [3.05, 3.63) is 83.2 Å². The number of carbonyl (C=O) groups is 1. The summed E-state index contributed by atoms with van der Waals surface area (Å²) in [6, 6.07) is 15.1. The zero-order chi connectivity index (χ0) is 25.7. The normalized spacial score (nSPS) is 11.8. The van der Waals surface area contributed by atoms with E-state index >= 15 is 0 Å². The van der Waals surface area contributed by atoms with Crippen LogP contribution in [0, 0.1) is 0 Å². The molecule has 0 aliphatic carbocycles. The van der Waals surface area contributed by atoms with Crippen LogP contribution in [0.2, 0.25) is 5.02 Å². The van der Waals surface area contributed by atoms with Gasteiger partial charge in [-0.15, -0.1) is 0 Å². The van der Waals surface area contributed by atoms with Crippen molar-refractivity contribution >= 4 is 50.4 Å². The number of nitrogens with one attached hydrogen (secondary N) is 2. The number of carbonyl (C=O) groups excluding carboxylic acids is 1. The van der Waals surface area contributed by atoms with Gasteiger partial charge in [0.05, 0.1) is 23.1 Å². The van der Waals surface area contributed by atoms with Crippen LogP contribution in [-0.2, 0) is 21.4 Å². The zero-order valence-electron chi connectivity index (χ0n) is 18.9. The minimum Gasteiger partial charge on any atom is -0.458 e. The number of benzene rings is 2. The number of nitrogens with two attached hydrogens (primary N) is 1. The highest BCUT2D eigenvalue weighted by molar-refractivity contribution is 7.89. The summed E-state index contributed by atoms with van der Waals surface area (Å²) in [5.41, 5.74) is 8.32. The number of hydrogen-bond donors (Lipinski definition) is 4. The molecule has 4 aromatic rings. The Morgan fingerprint density at radius 3 is 2.58 bits per heavy atom. The van der Waals surface area contributed by atoms with Crippen molar-refractivity contribution in [3.8, 4) is 11.1 Å². The second-order valence-corrected chi connectivity index (χ2v) is 9.98. The number of sulfonamides is 1. The van der Waals surface area contributed by atoms with Gasteiger partial charge in [-0.2, -0.15) is 0 Å². The molecule has 0 fully saturated rings. The number of hydrogen-bond acceptors (Lipinski definition) is 7. The third-order valence-electron chi connectivity index (χ3n) is 5.20. The Morgan fingerprint density at radius 1 is 1.11 bits per heavy atom. The van der Waals surface area contributed by atoms with Crippen molar-refractivity contribution < 1.29 is 22.7 Å². The Hall–Kier alpha value is -3.70. The summed E-state index contributed by atoms with van der Waals surface area (Å²) < 4.78 is 32.5. The first-order valence-electron chi connectivity index (χ1n) is 10.9. The van der Waals surface area contributed by atoms with Crippen LogP contribution in [0.4, 0.5) is 5.82 Å². The predicted molar refractivity (Wildman–Crippen MR) is 138 cm³/mol. The molecule has 1 amide bonds. The maximum Gasteiger partial charge on any atom is 0.244 e. The molecule has 0 unspecified atom stereocenters. The number of aliphatic hydroxyl groups is 1. The molecule has 2 aromatic heterocycles. The molecule has 0 saturated carbocycles. The highest BCUT2D eigenvalue weighted by atomic mass is 35.5. The monoisotopic (exact) mass is 526 g/mol. The van der Waals surface area contributed by atoms with E-state index < -0.39 is 10.0 Å². The predicted octanol–water partition coefficient (Wildman–Crippen LogP) is 3.33. The van der Waals surface area contributed by atoms with Gasteiger partial charge in [0.1, 0.15) is 11.6 Å². The van der Waals surface area contributed by atoms with E-state index in [0.29, 0.717) is 22.2 Å². The number of nitrogen functional groups attached to an aromatic ring is 1.